The Morgan fingerprint density at radius 2 is 1.50 bits per heavy atom. The number of ether oxygens (including phenoxy) is 1. The van der Waals surface area contributed by atoms with Gasteiger partial charge in [0, 0.05) is 13.1 Å². The van der Waals surface area contributed by atoms with E-state index in [4.69, 9.17) is 4.74 Å². The van der Waals surface area contributed by atoms with Crippen molar-refractivity contribution in [2.75, 3.05) is 13.1 Å². The first kappa shape index (κ1) is 25.7. The number of hydrogen-bond acceptors (Lipinski definition) is 5. The Kier molecular flexibility index (Phi) is 11.1. The van der Waals surface area contributed by atoms with Gasteiger partial charge in [-0.3, -0.25) is 4.79 Å². The largest absolute Gasteiger partial charge is 0.503 e. The van der Waals surface area contributed by atoms with E-state index in [0.29, 0.717) is 13.1 Å². The van der Waals surface area contributed by atoms with Crippen LogP contribution in [-0.2, 0) is 6.61 Å². The highest BCUT2D eigenvalue weighted by molar-refractivity contribution is 7.16. The van der Waals surface area contributed by atoms with Crippen molar-refractivity contribution in [3.8, 4) is 11.5 Å². The minimum Gasteiger partial charge on any atom is -0.503 e. The van der Waals surface area contributed by atoms with Gasteiger partial charge in [-0.1, -0.05) is 82.7 Å². The third-order valence-corrected chi connectivity index (χ3v) is 6.44. The van der Waals surface area contributed by atoms with Crippen molar-refractivity contribution in [1.82, 2.24) is 4.90 Å². The first-order valence-corrected chi connectivity index (χ1v) is 12.4. The van der Waals surface area contributed by atoms with E-state index >= 15 is 0 Å². The molecule has 2 rings (SSSR count). The van der Waals surface area contributed by atoms with Crippen LogP contribution in [0.5, 0.6) is 11.5 Å². The molecule has 0 bridgehead atoms. The van der Waals surface area contributed by atoms with Crippen LogP contribution in [0.2, 0.25) is 0 Å². The predicted octanol–water partition coefficient (Wildman–Crippen LogP) is 6.33. The van der Waals surface area contributed by atoms with Crippen molar-refractivity contribution in [2.45, 2.75) is 71.8 Å². The average molecular weight is 462 g/mol. The maximum Gasteiger partial charge on any atom is 0.349 e. The first-order valence-electron chi connectivity index (χ1n) is 11.5. The molecule has 0 aliphatic rings. The third kappa shape index (κ3) is 7.55. The van der Waals surface area contributed by atoms with Gasteiger partial charge in [0.1, 0.15) is 11.5 Å². The van der Waals surface area contributed by atoms with Gasteiger partial charge < -0.3 is 19.8 Å². The number of carboxylic acid groups (broad SMARTS) is 1. The standard InChI is InChI=1S/C25H35NO5S/c1-3-5-7-12-16-26(17-13-8-6-4-2)24(28)23-21(20(27)22(32-23)25(29)30)31-18-19-14-10-9-11-15-19/h9-11,14-15,27H,3-8,12-13,16-18H2,1-2H3,(H,29,30). The van der Waals surface area contributed by atoms with E-state index in [1.165, 1.54) is 0 Å². The van der Waals surface area contributed by atoms with Crippen molar-refractivity contribution in [3.05, 3.63) is 45.6 Å². The van der Waals surface area contributed by atoms with E-state index in [1.807, 2.05) is 30.3 Å². The van der Waals surface area contributed by atoms with E-state index in [0.717, 1.165) is 68.3 Å². The number of rotatable bonds is 15. The zero-order valence-corrected chi connectivity index (χ0v) is 20.0. The number of hydrogen-bond donors (Lipinski definition) is 2. The lowest BCUT2D eigenvalue weighted by atomic mass is 10.1. The van der Waals surface area contributed by atoms with Crippen LogP contribution in [0.3, 0.4) is 0 Å². The molecule has 6 nitrogen and oxygen atoms in total. The molecule has 7 heteroatoms. The van der Waals surface area contributed by atoms with Crippen LogP contribution < -0.4 is 4.74 Å². The summed E-state index contributed by atoms with van der Waals surface area (Å²) in [6.45, 7) is 5.66. The minimum absolute atomic E-state index is 0.0339. The van der Waals surface area contributed by atoms with Crippen molar-refractivity contribution < 1.29 is 24.5 Å². The number of nitrogens with zero attached hydrogens (tertiary/aromatic N) is 1. The van der Waals surface area contributed by atoms with E-state index in [9.17, 15) is 19.8 Å². The Hall–Kier alpha value is -2.54. The molecule has 0 saturated carbocycles. The molecule has 0 aliphatic heterocycles. The molecule has 176 valence electrons. The van der Waals surface area contributed by atoms with Gasteiger partial charge in [-0.05, 0) is 18.4 Å². The first-order chi connectivity index (χ1) is 15.5. The highest BCUT2D eigenvalue weighted by atomic mass is 32.1. The molecule has 1 amide bonds. The van der Waals surface area contributed by atoms with Gasteiger partial charge >= 0.3 is 5.97 Å². The highest BCUT2D eigenvalue weighted by Crippen LogP contribution is 2.42. The lowest BCUT2D eigenvalue weighted by Gasteiger charge is -2.23. The molecule has 1 heterocycles. The van der Waals surface area contributed by atoms with E-state index in [1.54, 1.807) is 4.90 Å². The smallest absolute Gasteiger partial charge is 0.349 e. The maximum atomic E-state index is 13.4. The molecule has 0 saturated heterocycles. The summed E-state index contributed by atoms with van der Waals surface area (Å²) in [6, 6.07) is 9.37. The Balaban J connectivity index is 2.24. The Bertz CT molecular complexity index is 838. The van der Waals surface area contributed by atoms with Crippen LogP contribution in [0, 0.1) is 0 Å². The molecule has 0 radical (unpaired) electrons. The fourth-order valence-electron chi connectivity index (χ4n) is 3.47. The average Bonchev–Trinajstić information content (AvgIpc) is 3.13. The summed E-state index contributed by atoms with van der Waals surface area (Å²) in [6.07, 6.45) is 8.35. The lowest BCUT2D eigenvalue weighted by Crippen LogP contribution is -2.32. The van der Waals surface area contributed by atoms with E-state index in [2.05, 4.69) is 13.8 Å². The van der Waals surface area contributed by atoms with Gasteiger partial charge in [-0.25, -0.2) is 4.79 Å². The van der Waals surface area contributed by atoms with Gasteiger partial charge in [0.2, 0.25) is 0 Å². The van der Waals surface area contributed by atoms with Gasteiger partial charge in [-0.15, -0.1) is 11.3 Å². The quantitative estimate of drug-likeness (QED) is 0.302. The number of amides is 1. The van der Waals surface area contributed by atoms with E-state index in [-0.39, 0.29) is 28.0 Å². The summed E-state index contributed by atoms with van der Waals surface area (Å²) in [4.78, 5) is 26.7. The fourth-order valence-corrected chi connectivity index (χ4v) is 4.42. The van der Waals surface area contributed by atoms with Gasteiger partial charge in [0.25, 0.3) is 5.91 Å². The fraction of sp³-hybridized carbons (Fsp3) is 0.520. The Morgan fingerprint density at radius 1 is 0.906 bits per heavy atom. The molecule has 1 aromatic carbocycles. The third-order valence-electron chi connectivity index (χ3n) is 5.31. The summed E-state index contributed by atoms with van der Waals surface area (Å²) < 4.78 is 5.79. The normalized spacial score (nSPS) is 10.8. The van der Waals surface area contributed by atoms with Crippen LogP contribution >= 0.6 is 11.3 Å². The number of benzene rings is 1. The molecule has 0 aliphatic carbocycles. The molecule has 1 aromatic heterocycles. The number of aromatic hydroxyl groups is 1. The predicted molar refractivity (Wildman–Crippen MR) is 128 cm³/mol. The molecule has 0 fully saturated rings. The molecular weight excluding hydrogens is 426 g/mol. The number of unbranched alkanes of at least 4 members (excludes halogenated alkanes) is 6. The maximum absolute atomic E-state index is 13.4. The van der Waals surface area contributed by atoms with Crippen molar-refractivity contribution in [1.29, 1.82) is 0 Å². The van der Waals surface area contributed by atoms with Crippen LogP contribution in [0.4, 0.5) is 0 Å². The number of carboxylic acids is 1. The summed E-state index contributed by atoms with van der Waals surface area (Å²) in [5.74, 6) is -2.05. The molecular formula is C25H35NO5S. The summed E-state index contributed by atoms with van der Waals surface area (Å²) >= 11 is 0.787. The lowest BCUT2D eigenvalue weighted by molar-refractivity contribution is 0.0697. The second-order valence-corrected chi connectivity index (χ2v) is 8.95. The number of thiophene rings is 1. The number of aromatic carboxylic acids is 1. The van der Waals surface area contributed by atoms with Gasteiger partial charge in [0.05, 0.1) is 0 Å². The molecule has 2 N–H and O–H groups in total. The van der Waals surface area contributed by atoms with Crippen LogP contribution in [0.15, 0.2) is 30.3 Å². The van der Waals surface area contributed by atoms with Gasteiger partial charge in [0.15, 0.2) is 16.4 Å². The van der Waals surface area contributed by atoms with Crippen LogP contribution in [0.1, 0.15) is 90.1 Å². The molecule has 0 unspecified atom stereocenters. The zero-order chi connectivity index (χ0) is 23.3. The summed E-state index contributed by atoms with van der Waals surface area (Å²) in [5.41, 5.74) is 0.865. The number of carbonyl (C=O) groups is 2. The number of carbonyl (C=O) groups excluding carboxylic acids is 1. The summed E-state index contributed by atoms with van der Waals surface area (Å²) in [7, 11) is 0. The van der Waals surface area contributed by atoms with E-state index < -0.39 is 11.7 Å². The second-order valence-electron chi connectivity index (χ2n) is 7.93. The second kappa shape index (κ2) is 13.8. The molecule has 2 aromatic rings. The zero-order valence-electron chi connectivity index (χ0n) is 19.1. The highest BCUT2D eigenvalue weighted by Gasteiger charge is 2.30. The van der Waals surface area contributed by atoms with Crippen LogP contribution in [-0.4, -0.2) is 40.1 Å². The van der Waals surface area contributed by atoms with Crippen molar-refractivity contribution in [3.63, 3.8) is 0 Å². The Labute approximate surface area is 194 Å². The summed E-state index contributed by atoms with van der Waals surface area (Å²) in [5, 5.41) is 20.0. The molecule has 0 atom stereocenters. The van der Waals surface area contributed by atoms with Crippen LogP contribution in [0.25, 0.3) is 0 Å². The SMILES string of the molecule is CCCCCCN(CCCCCC)C(=O)c1sc(C(=O)O)c(O)c1OCc1ccccc1. The van der Waals surface area contributed by atoms with Crippen molar-refractivity contribution >= 4 is 23.2 Å². The molecule has 32 heavy (non-hydrogen) atoms. The van der Waals surface area contributed by atoms with Crippen molar-refractivity contribution in [2.24, 2.45) is 0 Å². The Morgan fingerprint density at radius 3 is 2.03 bits per heavy atom. The monoisotopic (exact) mass is 461 g/mol. The minimum atomic E-state index is -1.27. The topological polar surface area (TPSA) is 87.1 Å². The molecule has 0 spiro atoms. The van der Waals surface area contributed by atoms with Gasteiger partial charge in [-0.2, -0.15) is 0 Å².